The number of nitrogens with zero attached hydrogens (tertiary/aromatic N) is 2. The van der Waals surface area contributed by atoms with Gasteiger partial charge in [-0.25, -0.2) is 0 Å². The molecule has 0 unspecified atom stereocenters. The van der Waals surface area contributed by atoms with Crippen molar-refractivity contribution in [3.8, 4) is 0 Å². The lowest BCUT2D eigenvalue weighted by atomic mass is 10.1. The largest absolute Gasteiger partial charge is 0.358 e. The summed E-state index contributed by atoms with van der Waals surface area (Å²) in [6.07, 6.45) is 1.92. The number of hydrogen-bond donors (Lipinski definition) is 2. The molecule has 0 atom stereocenters. The van der Waals surface area contributed by atoms with Crippen LogP contribution in [0.15, 0.2) is 36.5 Å². The van der Waals surface area contributed by atoms with E-state index in [9.17, 15) is 0 Å². The minimum absolute atomic E-state index is 0.585. The van der Waals surface area contributed by atoms with Crippen molar-refractivity contribution in [1.82, 2.24) is 15.1 Å². The lowest BCUT2D eigenvalue weighted by Crippen LogP contribution is -2.28. The van der Waals surface area contributed by atoms with Gasteiger partial charge >= 0.3 is 0 Å². The molecule has 2 rings (SSSR count). The number of benzene rings is 1. The van der Waals surface area contributed by atoms with Crippen LogP contribution in [0, 0.1) is 6.92 Å². The summed E-state index contributed by atoms with van der Waals surface area (Å²) < 4.78 is 1.85. The Balaban J connectivity index is 1.82. The van der Waals surface area contributed by atoms with Crippen molar-refractivity contribution in [1.29, 1.82) is 0 Å². The quantitative estimate of drug-likeness (QED) is 0.841. The lowest BCUT2D eigenvalue weighted by molar-refractivity contribution is 0.662. The number of rotatable bonds is 4. The van der Waals surface area contributed by atoms with E-state index in [2.05, 4.69) is 46.9 Å². The van der Waals surface area contributed by atoms with Gasteiger partial charge in [-0.3, -0.25) is 4.68 Å². The van der Waals surface area contributed by atoms with Gasteiger partial charge in [-0.05, 0) is 31.6 Å². The second-order valence-corrected chi connectivity index (χ2v) is 4.76. The number of aromatic nitrogens is 2. The summed E-state index contributed by atoms with van der Waals surface area (Å²) in [7, 11) is 0. The zero-order chi connectivity index (χ0) is 13.7. The molecule has 100 valence electrons. The SMILES string of the molecule is CCn1ccc(NC(=S)NCc2ccc(C)cc2)n1. The monoisotopic (exact) mass is 274 g/mol. The average molecular weight is 274 g/mol. The zero-order valence-corrected chi connectivity index (χ0v) is 12.0. The maximum atomic E-state index is 5.23. The molecule has 5 heteroatoms. The third kappa shape index (κ3) is 4.06. The van der Waals surface area contributed by atoms with E-state index in [4.69, 9.17) is 12.2 Å². The summed E-state index contributed by atoms with van der Waals surface area (Å²) >= 11 is 5.23. The number of nitrogens with one attached hydrogen (secondary N) is 2. The molecule has 0 aliphatic heterocycles. The first-order valence-corrected chi connectivity index (χ1v) is 6.72. The summed E-state index contributed by atoms with van der Waals surface area (Å²) in [4.78, 5) is 0. The smallest absolute Gasteiger partial charge is 0.172 e. The van der Waals surface area contributed by atoms with Gasteiger partial charge in [-0.1, -0.05) is 29.8 Å². The maximum absolute atomic E-state index is 5.23. The number of thiocarbonyl (C=S) groups is 1. The number of hydrogen-bond acceptors (Lipinski definition) is 2. The first-order valence-electron chi connectivity index (χ1n) is 6.31. The van der Waals surface area contributed by atoms with Crippen molar-refractivity contribution in [3.63, 3.8) is 0 Å². The van der Waals surface area contributed by atoms with Crippen molar-refractivity contribution in [2.75, 3.05) is 5.32 Å². The van der Waals surface area contributed by atoms with E-state index in [1.165, 1.54) is 11.1 Å². The van der Waals surface area contributed by atoms with Crippen LogP contribution in [0.3, 0.4) is 0 Å². The van der Waals surface area contributed by atoms with Crippen molar-refractivity contribution in [3.05, 3.63) is 47.7 Å². The molecular formula is C14H18N4S. The molecule has 19 heavy (non-hydrogen) atoms. The highest BCUT2D eigenvalue weighted by molar-refractivity contribution is 7.80. The Hall–Kier alpha value is -1.88. The van der Waals surface area contributed by atoms with Crippen LogP contribution in [0.4, 0.5) is 5.82 Å². The van der Waals surface area contributed by atoms with Crippen LogP contribution in [-0.2, 0) is 13.1 Å². The molecule has 0 saturated carbocycles. The average Bonchev–Trinajstić information content (AvgIpc) is 2.86. The van der Waals surface area contributed by atoms with Crippen LogP contribution in [-0.4, -0.2) is 14.9 Å². The topological polar surface area (TPSA) is 41.9 Å². The van der Waals surface area contributed by atoms with Gasteiger partial charge in [0.25, 0.3) is 0 Å². The minimum atomic E-state index is 0.585. The Kier molecular flexibility index (Phi) is 4.52. The van der Waals surface area contributed by atoms with Gasteiger partial charge in [0, 0.05) is 25.4 Å². The molecule has 0 bridgehead atoms. The Bertz CT molecular complexity index is 545. The summed E-state index contributed by atoms with van der Waals surface area (Å²) in [5, 5.41) is 11.1. The first-order chi connectivity index (χ1) is 9.17. The van der Waals surface area contributed by atoms with E-state index < -0.39 is 0 Å². The molecule has 0 fully saturated rings. The van der Waals surface area contributed by atoms with E-state index in [-0.39, 0.29) is 0 Å². The summed E-state index contributed by atoms with van der Waals surface area (Å²) in [6, 6.07) is 10.3. The fourth-order valence-corrected chi connectivity index (χ4v) is 1.83. The highest BCUT2D eigenvalue weighted by Gasteiger charge is 2.01. The van der Waals surface area contributed by atoms with Gasteiger partial charge in [0.1, 0.15) is 0 Å². The molecule has 1 heterocycles. The van der Waals surface area contributed by atoms with Crippen molar-refractivity contribution in [2.45, 2.75) is 26.9 Å². The Morgan fingerprint density at radius 3 is 2.63 bits per heavy atom. The maximum Gasteiger partial charge on any atom is 0.172 e. The highest BCUT2D eigenvalue weighted by Crippen LogP contribution is 2.04. The van der Waals surface area contributed by atoms with Gasteiger partial charge in [0.2, 0.25) is 0 Å². The third-order valence-electron chi connectivity index (χ3n) is 2.78. The van der Waals surface area contributed by atoms with Crippen LogP contribution in [0.5, 0.6) is 0 Å². The van der Waals surface area contributed by atoms with E-state index in [1.54, 1.807) is 0 Å². The van der Waals surface area contributed by atoms with Crippen molar-refractivity contribution in [2.24, 2.45) is 0 Å². The molecule has 0 radical (unpaired) electrons. The Labute approximate surface area is 118 Å². The Morgan fingerprint density at radius 1 is 1.26 bits per heavy atom. The predicted octanol–water partition coefficient (Wildman–Crippen LogP) is 2.70. The number of aryl methyl sites for hydroxylation is 2. The number of anilines is 1. The third-order valence-corrected chi connectivity index (χ3v) is 3.03. The first kappa shape index (κ1) is 13.5. The van der Waals surface area contributed by atoms with Crippen molar-refractivity contribution < 1.29 is 0 Å². The second kappa shape index (κ2) is 6.33. The van der Waals surface area contributed by atoms with Gasteiger partial charge in [-0.2, -0.15) is 5.10 Å². The predicted molar refractivity (Wildman–Crippen MR) is 82.1 cm³/mol. The van der Waals surface area contributed by atoms with Crippen LogP contribution >= 0.6 is 12.2 Å². The van der Waals surface area contributed by atoms with Gasteiger partial charge < -0.3 is 10.6 Å². The molecular weight excluding hydrogens is 256 g/mol. The summed E-state index contributed by atoms with van der Waals surface area (Å²) in [5.74, 6) is 0.767. The van der Waals surface area contributed by atoms with Gasteiger partial charge in [0.05, 0.1) is 0 Å². The molecule has 0 spiro atoms. The highest BCUT2D eigenvalue weighted by atomic mass is 32.1. The zero-order valence-electron chi connectivity index (χ0n) is 11.2. The van der Waals surface area contributed by atoms with Crippen LogP contribution in [0.2, 0.25) is 0 Å². The van der Waals surface area contributed by atoms with Gasteiger partial charge in [0.15, 0.2) is 10.9 Å². The second-order valence-electron chi connectivity index (χ2n) is 4.35. The molecule has 2 aromatic rings. The lowest BCUT2D eigenvalue weighted by Gasteiger charge is -2.08. The van der Waals surface area contributed by atoms with Crippen LogP contribution in [0.1, 0.15) is 18.1 Å². The molecule has 2 N–H and O–H groups in total. The standard InChI is InChI=1S/C14H18N4S/c1-3-18-9-8-13(17-18)16-14(19)15-10-12-6-4-11(2)5-7-12/h4-9H,3,10H2,1-2H3,(H2,15,16,17,19). The van der Waals surface area contributed by atoms with E-state index >= 15 is 0 Å². The molecule has 0 aliphatic rings. The molecule has 4 nitrogen and oxygen atoms in total. The van der Waals surface area contributed by atoms with E-state index in [0.29, 0.717) is 11.7 Å². The van der Waals surface area contributed by atoms with Crippen LogP contribution < -0.4 is 10.6 Å². The fourth-order valence-electron chi connectivity index (χ4n) is 1.65. The van der Waals surface area contributed by atoms with Crippen LogP contribution in [0.25, 0.3) is 0 Å². The van der Waals surface area contributed by atoms with Gasteiger partial charge in [-0.15, -0.1) is 0 Å². The summed E-state index contributed by atoms with van der Waals surface area (Å²) in [6.45, 7) is 5.68. The summed E-state index contributed by atoms with van der Waals surface area (Å²) in [5.41, 5.74) is 2.46. The molecule has 0 saturated heterocycles. The Morgan fingerprint density at radius 2 is 2.00 bits per heavy atom. The molecule has 0 aliphatic carbocycles. The van der Waals surface area contributed by atoms with E-state index in [1.807, 2.05) is 23.9 Å². The molecule has 0 amide bonds. The van der Waals surface area contributed by atoms with Crippen molar-refractivity contribution >= 4 is 23.1 Å². The normalized spacial score (nSPS) is 10.2. The molecule has 1 aromatic heterocycles. The fraction of sp³-hybridized carbons (Fsp3) is 0.286. The minimum Gasteiger partial charge on any atom is -0.358 e. The molecule has 1 aromatic carbocycles. The van der Waals surface area contributed by atoms with E-state index in [0.717, 1.165) is 12.4 Å².